The van der Waals surface area contributed by atoms with Crippen molar-refractivity contribution in [3.8, 4) is 46.0 Å². The van der Waals surface area contributed by atoms with Gasteiger partial charge in [-0.05, 0) is 108 Å². The van der Waals surface area contributed by atoms with E-state index in [-0.39, 0.29) is 16.2 Å². The van der Waals surface area contributed by atoms with Crippen LogP contribution in [-0.4, -0.2) is 0 Å². The van der Waals surface area contributed by atoms with Gasteiger partial charge in [0, 0.05) is 53.2 Å². The number of ether oxygens (including phenoxy) is 4. The molecule has 53 heavy (non-hydrogen) atoms. The van der Waals surface area contributed by atoms with Gasteiger partial charge in [0.05, 0.1) is 0 Å². The zero-order chi connectivity index (χ0) is 37.1. The number of aryl methyl sites for hydroxylation is 2. The molecule has 0 saturated heterocycles. The van der Waals surface area contributed by atoms with Crippen LogP contribution in [0.4, 0.5) is 11.4 Å². The summed E-state index contributed by atoms with van der Waals surface area (Å²) in [7, 11) is 0. The first-order valence-electron chi connectivity index (χ1n) is 18.2. The number of hydrogen-bond acceptors (Lipinski definition) is 6. The number of anilines is 2. The minimum atomic E-state index is -0.235. The number of rotatable bonds is 8. The smallest absolute Gasteiger partial charge is 0.133 e. The van der Waals surface area contributed by atoms with Crippen molar-refractivity contribution in [3.63, 3.8) is 0 Å². The van der Waals surface area contributed by atoms with Gasteiger partial charge in [-0.15, -0.1) is 0 Å². The molecule has 6 aromatic rings. The van der Waals surface area contributed by atoms with Gasteiger partial charge in [-0.1, -0.05) is 75.2 Å². The van der Waals surface area contributed by atoms with E-state index >= 15 is 0 Å². The molecule has 6 aromatic carbocycles. The van der Waals surface area contributed by atoms with Crippen molar-refractivity contribution in [2.45, 2.75) is 70.6 Å². The second-order valence-electron chi connectivity index (χ2n) is 16.1. The van der Waals surface area contributed by atoms with E-state index in [1.165, 1.54) is 33.4 Å². The zero-order valence-electron chi connectivity index (χ0n) is 31.2. The van der Waals surface area contributed by atoms with Crippen molar-refractivity contribution in [2.75, 3.05) is 11.5 Å². The van der Waals surface area contributed by atoms with Crippen LogP contribution in [0, 0.1) is 13.8 Å². The van der Waals surface area contributed by atoms with Gasteiger partial charge in [0.25, 0.3) is 0 Å². The average molecular weight is 703 g/mol. The van der Waals surface area contributed by atoms with Gasteiger partial charge < -0.3 is 30.4 Å². The number of hydrogen-bond donors (Lipinski definition) is 2. The molecule has 1 spiro atoms. The van der Waals surface area contributed by atoms with Gasteiger partial charge in [0.1, 0.15) is 46.0 Å². The summed E-state index contributed by atoms with van der Waals surface area (Å²) in [5.74, 6) is 5.48. The Morgan fingerprint density at radius 3 is 1.06 bits per heavy atom. The van der Waals surface area contributed by atoms with E-state index in [2.05, 4.69) is 77.9 Å². The Bertz CT molecular complexity index is 2180. The van der Waals surface area contributed by atoms with Crippen LogP contribution in [0.1, 0.15) is 73.9 Å². The first kappa shape index (κ1) is 34.2. The molecule has 0 fully saturated rings. The monoisotopic (exact) mass is 702 g/mol. The molecule has 2 aliphatic rings. The minimum absolute atomic E-state index is 0.0509. The Balaban J connectivity index is 1.12. The Labute approximate surface area is 312 Å². The van der Waals surface area contributed by atoms with E-state index in [0.29, 0.717) is 34.4 Å². The fraction of sp³-hybridized carbons (Fsp3) is 0.234. The van der Waals surface area contributed by atoms with Crippen LogP contribution < -0.4 is 30.4 Å². The molecular formula is C47H46N2O4. The van der Waals surface area contributed by atoms with Crippen LogP contribution in [0.15, 0.2) is 121 Å². The molecule has 8 rings (SSSR count). The van der Waals surface area contributed by atoms with E-state index in [1.807, 2.05) is 84.9 Å². The molecule has 268 valence electrons. The normalized spacial score (nSPS) is 15.8. The highest BCUT2D eigenvalue weighted by molar-refractivity contribution is 5.63. The first-order chi connectivity index (χ1) is 25.2. The molecular weight excluding hydrogens is 657 g/mol. The van der Waals surface area contributed by atoms with Crippen molar-refractivity contribution in [1.82, 2.24) is 0 Å². The van der Waals surface area contributed by atoms with Crippen molar-refractivity contribution >= 4 is 11.4 Å². The van der Waals surface area contributed by atoms with Crippen LogP contribution in [0.25, 0.3) is 0 Å². The van der Waals surface area contributed by atoms with Crippen molar-refractivity contribution in [1.29, 1.82) is 0 Å². The second kappa shape index (κ2) is 12.7. The third kappa shape index (κ3) is 6.66. The lowest BCUT2D eigenvalue weighted by molar-refractivity contribution is 0.349. The van der Waals surface area contributed by atoms with Gasteiger partial charge in [-0.3, -0.25) is 0 Å². The first-order valence-corrected chi connectivity index (χ1v) is 18.2. The lowest BCUT2D eigenvalue weighted by atomic mass is 9.72. The van der Waals surface area contributed by atoms with Gasteiger partial charge in [-0.2, -0.15) is 0 Å². The number of fused-ring (bicyclic) bond motifs is 4. The third-order valence-corrected chi connectivity index (χ3v) is 10.7. The number of benzene rings is 6. The van der Waals surface area contributed by atoms with Gasteiger partial charge in [0.15, 0.2) is 0 Å². The van der Waals surface area contributed by atoms with E-state index in [4.69, 9.17) is 30.4 Å². The van der Waals surface area contributed by atoms with E-state index in [1.54, 1.807) is 0 Å². The van der Waals surface area contributed by atoms with Crippen LogP contribution in [0.3, 0.4) is 0 Å². The molecule has 0 amide bonds. The molecule has 0 aliphatic heterocycles. The Kier molecular flexibility index (Phi) is 8.17. The largest absolute Gasteiger partial charge is 0.457 e. The average Bonchev–Trinajstić information content (AvgIpc) is 3.45. The molecule has 6 nitrogen and oxygen atoms in total. The molecule has 0 saturated carbocycles. The van der Waals surface area contributed by atoms with E-state index in [9.17, 15) is 0 Å². The number of nitrogen functional groups attached to an aromatic ring is 2. The van der Waals surface area contributed by atoms with Crippen LogP contribution in [0.2, 0.25) is 0 Å². The lowest BCUT2D eigenvalue weighted by Crippen LogP contribution is -2.27. The maximum atomic E-state index is 6.56. The summed E-state index contributed by atoms with van der Waals surface area (Å²) in [6, 6.07) is 40.0. The standard InChI is InChI=1S/C47H46N2O4/c1-29-7-11-33(12-8-29)50-37-19-31(48)21-39(23-37)52-35-15-17-41-43(25-35)47(27-45(41,3)4)28-46(5,6)42-18-16-36(26-44(42)47)53-40-22-32(49)20-38(24-40)51-34-13-9-30(2)10-14-34/h7-26H,27-28,48-49H2,1-6H3. The molecule has 0 heterocycles. The van der Waals surface area contributed by atoms with Crippen molar-refractivity contribution in [3.05, 3.63) is 155 Å². The molecule has 2 aliphatic carbocycles. The van der Waals surface area contributed by atoms with Crippen molar-refractivity contribution < 1.29 is 18.9 Å². The predicted molar refractivity (Wildman–Crippen MR) is 213 cm³/mol. The van der Waals surface area contributed by atoms with E-state index < -0.39 is 0 Å². The topological polar surface area (TPSA) is 89.0 Å². The fourth-order valence-corrected chi connectivity index (χ4v) is 8.61. The molecule has 0 radical (unpaired) electrons. The zero-order valence-corrected chi connectivity index (χ0v) is 31.2. The van der Waals surface area contributed by atoms with Crippen molar-refractivity contribution in [2.24, 2.45) is 0 Å². The van der Waals surface area contributed by atoms with Crippen LogP contribution in [-0.2, 0) is 16.2 Å². The molecule has 6 heteroatoms. The predicted octanol–water partition coefficient (Wildman–Crippen LogP) is 12.3. The highest BCUT2D eigenvalue weighted by Gasteiger charge is 2.56. The number of nitrogens with two attached hydrogens (primary N) is 2. The highest BCUT2D eigenvalue weighted by atomic mass is 16.5. The summed E-state index contributed by atoms with van der Waals surface area (Å²) >= 11 is 0. The van der Waals surface area contributed by atoms with Gasteiger partial charge >= 0.3 is 0 Å². The SMILES string of the molecule is Cc1ccc(Oc2cc(N)cc(Oc3ccc4c(c3)C3(CC4(C)C)CC(C)(C)c4ccc(Oc5cc(N)cc(Oc6ccc(C)cc6)c5)cc43)c2)cc1. The summed E-state index contributed by atoms with van der Waals surface area (Å²) in [6.45, 7) is 13.5. The summed E-state index contributed by atoms with van der Waals surface area (Å²) in [5, 5.41) is 0. The summed E-state index contributed by atoms with van der Waals surface area (Å²) in [4.78, 5) is 0. The quantitative estimate of drug-likeness (QED) is 0.153. The van der Waals surface area contributed by atoms with Crippen LogP contribution in [0.5, 0.6) is 46.0 Å². The Morgan fingerprint density at radius 2 is 0.698 bits per heavy atom. The van der Waals surface area contributed by atoms with Crippen LogP contribution >= 0.6 is 0 Å². The lowest BCUT2D eigenvalue weighted by Gasteiger charge is -2.30. The Morgan fingerprint density at radius 1 is 0.377 bits per heavy atom. The molecule has 4 N–H and O–H groups in total. The molecule has 0 atom stereocenters. The molecule has 0 aromatic heterocycles. The van der Waals surface area contributed by atoms with Gasteiger partial charge in [-0.25, -0.2) is 0 Å². The minimum Gasteiger partial charge on any atom is -0.457 e. The summed E-state index contributed by atoms with van der Waals surface area (Å²) in [6.07, 6.45) is 1.94. The summed E-state index contributed by atoms with van der Waals surface area (Å²) in [5.41, 5.74) is 21.1. The summed E-state index contributed by atoms with van der Waals surface area (Å²) < 4.78 is 25.4. The highest BCUT2D eigenvalue weighted by Crippen LogP contribution is 2.63. The molecule has 0 unspecified atom stereocenters. The maximum Gasteiger partial charge on any atom is 0.133 e. The maximum absolute atomic E-state index is 6.56. The molecule has 0 bridgehead atoms. The second-order valence-corrected chi connectivity index (χ2v) is 16.1. The van der Waals surface area contributed by atoms with E-state index in [0.717, 1.165) is 35.8 Å². The fourth-order valence-electron chi connectivity index (χ4n) is 8.61. The van der Waals surface area contributed by atoms with Gasteiger partial charge in [0.2, 0.25) is 0 Å². The Hall–Kier alpha value is -5.88. The third-order valence-electron chi connectivity index (χ3n) is 10.7.